The van der Waals surface area contributed by atoms with E-state index in [-0.39, 0.29) is 16.3 Å². The maximum atomic E-state index is 13.0. The molecule has 7 nitrogen and oxygen atoms in total. The lowest BCUT2D eigenvalue weighted by molar-refractivity contribution is -0.385. The van der Waals surface area contributed by atoms with E-state index in [2.05, 4.69) is 0 Å². The number of hydrogen-bond acceptors (Lipinski definition) is 5. The van der Waals surface area contributed by atoms with Crippen LogP contribution in [0.1, 0.15) is 38.2 Å². The maximum Gasteiger partial charge on any atom is 0.271 e. The predicted octanol–water partition coefficient (Wildman–Crippen LogP) is 4.30. The topological polar surface area (TPSA) is 89.7 Å². The van der Waals surface area contributed by atoms with Gasteiger partial charge in [0.25, 0.3) is 5.69 Å². The molecule has 27 heavy (non-hydrogen) atoms. The lowest BCUT2D eigenvalue weighted by Crippen LogP contribution is -2.28. The molecular weight excluding hydrogens is 368 g/mol. The van der Waals surface area contributed by atoms with Crippen LogP contribution in [0.5, 0.6) is 11.5 Å². The van der Waals surface area contributed by atoms with E-state index in [4.69, 9.17) is 4.74 Å². The molecule has 0 saturated carbocycles. The SMILES string of the molecule is CC(C)c1cccc(Oc2ccc([N+](=O)[O-])cc2S(=O)(=O)N2CCCC2)c1. The van der Waals surface area contributed by atoms with Gasteiger partial charge in [-0.1, -0.05) is 26.0 Å². The molecule has 1 aliphatic heterocycles. The first-order chi connectivity index (χ1) is 12.8. The number of nitro benzene ring substituents is 1. The number of sulfonamides is 1. The third kappa shape index (κ3) is 4.12. The minimum atomic E-state index is -3.87. The molecule has 1 heterocycles. The molecule has 0 unspecified atom stereocenters. The Morgan fingerprint density at radius 2 is 1.81 bits per heavy atom. The Kier molecular flexibility index (Phi) is 5.48. The van der Waals surface area contributed by atoms with Crippen molar-refractivity contribution in [3.8, 4) is 11.5 Å². The van der Waals surface area contributed by atoms with E-state index in [1.54, 1.807) is 6.07 Å². The number of ether oxygens (including phenoxy) is 1. The summed E-state index contributed by atoms with van der Waals surface area (Å²) in [7, 11) is -3.87. The van der Waals surface area contributed by atoms with Gasteiger partial charge >= 0.3 is 0 Å². The Hall–Kier alpha value is -2.45. The summed E-state index contributed by atoms with van der Waals surface area (Å²) in [5.41, 5.74) is 0.773. The first-order valence-electron chi connectivity index (χ1n) is 8.85. The van der Waals surface area contributed by atoms with Gasteiger partial charge in [-0.3, -0.25) is 10.1 Å². The molecular formula is C19H22N2O5S. The summed E-state index contributed by atoms with van der Waals surface area (Å²) in [6, 6.07) is 11.1. The van der Waals surface area contributed by atoms with Crippen molar-refractivity contribution in [2.24, 2.45) is 0 Å². The van der Waals surface area contributed by atoms with E-state index in [0.29, 0.717) is 24.8 Å². The molecule has 0 aromatic heterocycles. The van der Waals surface area contributed by atoms with Crippen molar-refractivity contribution in [3.63, 3.8) is 0 Å². The Labute approximate surface area is 158 Å². The fourth-order valence-corrected chi connectivity index (χ4v) is 4.68. The lowest BCUT2D eigenvalue weighted by atomic mass is 10.0. The lowest BCUT2D eigenvalue weighted by Gasteiger charge is -2.18. The van der Waals surface area contributed by atoms with Crippen molar-refractivity contribution in [2.45, 2.75) is 37.5 Å². The second-order valence-corrected chi connectivity index (χ2v) is 8.73. The van der Waals surface area contributed by atoms with E-state index in [9.17, 15) is 18.5 Å². The monoisotopic (exact) mass is 390 g/mol. The van der Waals surface area contributed by atoms with Crippen LogP contribution < -0.4 is 4.74 Å². The molecule has 3 rings (SSSR count). The third-order valence-corrected chi connectivity index (χ3v) is 6.49. The number of non-ortho nitro benzene ring substituents is 1. The van der Waals surface area contributed by atoms with Gasteiger partial charge in [-0.05, 0) is 42.5 Å². The predicted molar refractivity (Wildman–Crippen MR) is 102 cm³/mol. The van der Waals surface area contributed by atoms with Gasteiger partial charge in [0, 0.05) is 25.2 Å². The van der Waals surface area contributed by atoms with E-state index in [0.717, 1.165) is 24.5 Å². The van der Waals surface area contributed by atoms with E-state index >= 15 is 0 Å². The first kappa shape index (κ1) is 19.3. The summed E-state index contributed by atoms with van der Waals surface area (Å²) in [6.07, 6.45) is 1.56. The second kappa shape index (κ2) is 7.66. The van der Waals surface area contributed by atoms with Crippen LogP contribution in [0, 0.1) is 10.1 Å². The molecule has 0 spiro atoms. The molecule has 1 saturated heterocycles. The fourth-order valence-electron chi connectivity index (χ4n) is 3.03. The van der Waals surface area contributed by atoms with Gasteiger partial charge in [-0.25, -0.2) is 8.42 Å². The molecule has 0 N–H and O–H groups in total. The van der Waals surface area contributed by atoms with Gasteiger partial charge in [-0.15, -0.1) is 0 Å². The highest BCUT2D eigenvalue weighted by Crippen LogP contribution is 2.35. The normalized spacial score (nSPS) is 15.2. The number of nitro groups is 1. The summed E-state index contributed by atoms with van der Waals surface area (Å²) in [6.45, 7) is 4.92. The summed E-state index contributed by atoms with van der Waals surface area (Å²) >= 11 is 0. The van der Waals surface area contributed by atoms with Crippen molar-refractivity contribution in [3.05, 3.63) is 58.1 Å². The zero-order valence-electron chi connectivity index (χ0n) is 15.3. The third-order valence-electron chi connectivity index (χ3n) is 4.57. The van der Waals surface area contributed by atoms with Crippen LogP contribution in [0.25, 0.3) is 0 Å². The Morgan fingerprint density at radius 3 is 2.44 bits per heavy atom. The summed E-state index contributed by atoms with van der Waals surface area (Å²) < 4.78 is 33.2. The minimum absolute atomic E-state index is 0.0911. The Bertz CT molecular complexity index is 950. The molecule has 144 valence electrons. The van der Waals surface area contributed by atoms with E-state index in [1.165, 1.54) is 16.4 Å². The Morgan fingerprint density at radius 1 is 1.11 bits per heavy atom. The largest absolute Gasteiger partial charge is 0.456 e. The number of rotatable bonds is 6. The van der Waals surface area contributed by atoms with Crippen molar-refractivity contribution in [1.82, 2.24) is 4.31 Å². The van der Waals surface area contributed by atoms with Gasteiger partial charge in [0.2, 0.25) is 10.0 Å². The van der Waals surface area contributed by atoms with E-state index in [1.807, 2.05) is 32.0 Å². The van der Waals surface area contributed by atoms with Crippen LogP contribution in [0.4, 0.5) is 5.69 Å². The van der Waals surface area contributed by atoms with Crippen molar-refractivity contribution >= 4 is 15.7 Å². The van der Waals surface area contributed by atoms with Crippen LogP contribution in [0.2, 0.25) is 0 Å². The molecule has 1 fully saturated rings. The molecule has 0 atom stereocenters. The molecule has 0 amide bonds. The zero-order valence-corrected chi connectivity index (χ0v) is 16.1. The highest BCUT2D eigenvalue weighted by atomic mass is 32.2. The van der Waals surface area contributed by atoms with Crippen LogP contribution >= 0.6 is 0 Å². The molecule has 0 aliphatic carbocycles. The van der Waals surface area contributed by atoms with E-state index < -0.39 is 14.9 Å². The van der Waals surface area contributed by atoms with Gasteiger partial charge in [0.05, 0.1) is 4.92 Å². The quantitative estimate of drug-likeness (QED) is 0.542. The average molecular weight is 390 g/mol. The molecule has 0 radical (unpaired) electrons. The zero-order chi connectivity index (χ0) is 19.6. The Balaban J connectivity index is 2.04. The van der Waals surface area contributed by atoms with Crippen molar-refractivity contribution in [1.29, 1.82) is 0 Å². The molecule has 8 heteroatoms. The number of hydrogen-bond donors (Lipinski definition) is 0. The molecule has 2 aromatic rings. The standard InChI is InChI=1S/C19H22N2O5S/c1-14(2)15-6-5-7-17(12-15)26-18-9-8-16(21(22)23)13-19(18)27(24,25)20-10-3-4-11-20/h5-9,12-14H,3-4,10-11H2,1-2H3. The van der Waals surface area contributed by atoms with Gasteiger partial charge in [0.15, 0.2) is 0 Å². The first-order valence-corrected chi connectivity index (χ1v) is 10.3. The number of nitrogens with zero attached hydrogens (tertiary/aromatic N) is 2. The smallest absolute Gasteiger partial charge is 0.271 e. The minimum Gasteiger partial charge on any atom is -0.456 e. The average Bonchev–Trinajstić information content (AvgIpc) is 3.17. The van der Waals surface area contributed by atoms with Crippen molar-refractivity contribution < 1.29 is 18.1 Å². The van der Waals surface area contributed by atoms with Gasteiger partial charge in [0.1, 0.15) is 16.4 Å². The molecule has 1 aliphatic rings. The van der Waals surface area contributed by atoms with Crippen LogP contribution in [0.15, 0.2) is 47.4 Å². The number of benzene rings is 2. The highest BCUT2D eigenvalue weighted by molar-refractivity contribution is 7.89. The van der Waals surface area contributed by atoms with Gasteiger partial charge in [-0.2, -0.15) is 4.31 Å². The van der Waals surface area contributed by atoms with Crippen LogP contribution in [-0.2, 0) is 10.0 Å². The second-order valence-electron chi connectivity index (χ2n) is 6.83. The van der Waals surface area contributed by atoms with Crippen molar-refractivity contribution in [2.75, 3.05) is 13.1 Å². The maximum absolute atomic E-state index is 13.0. The highest BCUT2D eigenvalue weighted by Gasteiger charge is 2.31. The van der Waals surface area contributed by atoms with Crippen LogP contribution in [-0.4, -0.2) is 30.7 Å². The fraction of sp³-hybridized carbons (Fsp3) is 0.368. The molecule has 0 bridgehead atoms. The molecule has 2 aromatic carbocycles. The summed E-state index contributed by atoms with van der Waals surface area (Å²) in [5, 5.41) is 11.1. The summed E-state index contributed by atoms with van der Waals surface area (Å²) in [5.74, 6) is 0.875. The summed E-state index contributed by atoms with van der Waals surface area (Å²) in [4.78, 5) is 10.4. The van der Waals surface area contributed by atoms with Crippen LogP contribution in [0.3, 0.4) is 0 Å². The van der Waals surface area contributed by atoms with Gasteiger partial charge < -0.3 is 4.74 Å².